The Morgan fingerprint density at radius 1 is 1.21 bits per heavy atom. The molecule has 1 N–H and O–H groups in total. The first kappa shape index (κ1) is 22.8. The second kappa shape index (κ2) is 10.5. The molecule has 0 spiro atoms. The number of benzene rings is 1. The van der Waals surface area contributed by atoms with Gasteiger partial charge in [0.1, 0.15) is 17.5 Å². The molecule has 1 aliphatic rings. The number of aryl methyl sites for hydroxylation is 3. The third kappa shape index (κ3) is 5.92. The van der Waals surface area contributed by atoms with Gasteiger partial charge in [-0.3, -0.25) is 9.78 Å². The Morgan fingerprint density at radius 2 is 2.09 bits per heavy atom. The van der Waals surface area contributed by atoms with Gasteiger partial charge < -0.3 is 10.2 Å². The highest BCUT2D eigenvalue weighted by Crippen LogP contribution is 2.27. The van der Waals surface area contributed by atoms with Crippen molar-refractivity contribution in [2.24, 2.45) is 0 Å². The lowest BCUT2D eigenvalue weighted by molar-refractivity contribution is -0.132. The zero-order chi connectivity index (χ0) is 23.2. The van der Waals surface area contributed by atoms with E-state index in [2.05, 4.69) is 15.3 Å². The first-order valence-corrected chi connectivity index (χ1v) is 11.5. The number of aromatic nitrogens is 3. The molecule has 0 radical (unpaired) electrons. The van der Waals surface area contributed by atoms with Crippen LogP contribution in [0.1, 0.15) is 54.0 Å². The summed E-state index contributed by atoms with van der Waals surface area (Å²) in [5, 5.41) is 3.25. The van der Waals surface area contributed by atoms with Crippen LogP contribution in [0.5, 0.6) is 0 Å². The molecule has 4 rings (SSSR count). The van der Waals surface area contributed by atoms with Crippen LogP contribution in [-0.4, -0.2) is 38.8 Å². The molecule has 1 unspecified atom stereocenters. The molecule has 0 aliphatic carbocycles. The summed E-state index contributed by atoms with van der Waals surface area (Å²) < 4.78 is 13.4. The number of carbonyl (C=O) groups excluding carboxylic acids is 1. The Bertz CT molecular complexity index is 1120. The van der Waals surface area contributed by atoms with Gasteiger partial charge in [-0.05, 0) is 68.4 Å². The van der Waals surface area contributed by atoms with Crippen LogP contribution in [0.15, 0.2) is 48.9 Å². The smallest absolute Gasteiger partial charge is 0.222 e. The fraction of sp³-hybridized carbons (Fsp3) is 0.385. The van der Waals surface area contributed by atoms with Crippen molar-refractivity contribution in [2.45, 2.75) is 51.9 Å². The molecule has 1 amide bonds. The molecule has 3 heterocycles. The van der Waals surface area contributed by atoms with E-state index in [1.54, 1.807) is 31.6 Å². The van der Waals surface area contributed by atoms with Crippen LogP contribution < -0.4 is 5.32 Å². The van der Waals surface area contributed by atoms with Crippen LogP contribution in [0, 0.1) is 19.7 Å². The molecule has 7 heteroatoms. The normalized spacial score (nSPS) is 16.0. The number of halogens is 1. The minimum absolute atomic E-state index is 0.168. The van der Waals surface area contributed by atoms with Crippen LogP contribution in [0.3, 0.4) is 0 Å². The SMILES string of the molecule is Cc1cc(CCCC(=O)N2CCCC(c3cncc(Nc4ncccc4C)n3)C2)ccc1F. The van der Waals surface area contributed by atoms with Crippen molar-refractivity contribution in [1.82, 2.24) is 19.9 Å². The number of hydrogen-bond donors (Lipinski definition) is 1. The fourth-order valence-corrected chi connectivity index (χ4v) is 4.29. The average Bonchev–Trinajstić information content (AvgIpc) is 2.83. The number of likely N-dealkylation sites (tertiary alicyclic amines) is 1. The van der Waals surface area contributed by atoms with E-state index in [4.69, 9.17) is 4.98 Å². The minimum Gasteiger partial charge on any atom is -0.342 e. The molecular formula is C26H30FN5O. The maximum Gasteiger partial charge on any atom is 0.222 e. The summed E-state index contributed by atoms with van der Waals surface area (Å²) in [5.41, 5.74) is 3.65. The number of anilines is 2. The van der Waals surface area contributed by atoms with Crippen LogP contribution in [0.4, 0.5) is 16.0 Å². The van der Waals surface area contributed by atoms with E-state index in [0.29, 0.717) is 24.3 Å². The zero-order valence-electron chi connectivity index (χ0n) is 19.2. The van der Waals surface area contributed by atoms with E-state index in [0.717, 1.165) is 54.9 Å². The van der Waals surface area contributed by atoms with Crippen molar-refractivity contribution in [3.8, 4) is 0 Å². The maximum atomic E-state index is 13.4. The van der Waals surface area contributed by atoms with Gasteiger partial charge in [-0.2, -0.15) is 0 Å². The van der Waals surface area contributed by atoms with Crippen molar-refractivity contribution >= 4 is 17.5 Å². The summed E-state index contributed by atoms with van der Waals surface area (Å²) in [4.78, 5) is 28.3. The molecule has 1 aromatic carbocycles. The number of pyridine rings is 1. The van der Waals surface area contributed by atoms with Crippen LogP contribution >= 0.6 is 0 Å². The van der Waals surface area contributed by atoms with E-state index in [1.807, 2.05) is 30.0 Å². The molecule has 1 atom stereocenters. The Morgan fingerprint density at radius 3 is 2.91 bits per heavy atom. The highest BCUT2D eigenvalue weighted by Gasteiger charge is 2.25. The Hall–Kier alpha value is -3.35. The number of amides is 1. The average molecular weight is 448 g/mol. The second-order valence-corrected chi connectivity index (χ2v) is 8.74. The van der Waals surface area contributed by atoms with Crippen LogP contribution in [0.25, 0.3) is 0 Å². The molecule has 1 saturated heterocycles. The number of nitrogens with zero attached hydrogens (tertiary/aromatic N) is 4. The molecule has 1 aliphatic heterocycles. The summed E-state index contributed by atoms with van der Waals surface area (Å²) in [6.45, 7) is 5.20. The summed E-state index contributed by atoms with van der Waals surface area (Å²) in [6.07, 6.45) is 9.20. The number of carbonyl (C=O) groups is 1. The molecule has 0 bridgehead atoms. The zero-order valence-corrected chi connectivity index (χ0v) is 19.2. The first-order chi connectivity index (χ1) is 16.0. The highest BCUT2D eigenvalue weighted by molar-refractivity contribution is 5.76. The van der Waals surface area contributed by atoms with E-state index in [-0.39, 0.29) is 17.6 Å². The summed E-state index contributed by atoms with van der Waals surface area (Å²) in [7, 11) is 0. The lowest BCUT2D eigenvalue weighted by Crippen LogP contribution is -2.39. The Balaban J connectivity index is 1.33. The predicted octanol–water partition coefficient (Wildman–Crippen LogP) is 5.10. The second-order valence-electron chi connectivity index (χ2n) is 8.74. The van der Waals surface area contributed by atoms with Gasteiger partial charge in [0.25, 0.3) is 0 Å². The van der Waals surface area contributed by atoms with Gasteiger partial charge in [0.2, 0.25) is 5.91 Å². The van der Waals surface area contributed by atoms with Crippen molar-refractivity contribution in [3.63, 3.8) is 0 Å². The first-order valence-electron chi connectivity index (χ1n) is 11.5. The van der Waals surface area contributed by atoms with Crippen molar-refractivity contribution < 1.29 is 9.18 Å². The van der Waals surface area contributed by atoms with Crippen molar-refractivity contribution in [3.05, 3.63) is 77.1 Å². The minimum atomic E-state index is -0.188. The number of hydrogen-bond acceptors (Lipinski definition) is 5. The summed E-state index contributed by atoms with van der Waals surface area (Å²) >= 11 is 0. The molecule has 33 heavy (non-hydrogen) atoms. The standard InChI is InChI=1S/C26H30FN5O/c1-18-6-4-12-29-26(18)31-24-16-28-15-23(30-24)21-8-5-13-32(17-21)25(33)9-3-7-20-10-11-22(27)19(2)14-20/h4,6,10-12,14-16,21H,3,5,7-9,13,17H2,1-2H3,(H,29,30,31). The molecule has 0 saturated carbocycles. The monoisotopic (exact) mass is 447 g/mol. The fourth-order valence-electron chi connectivity index (χ4n) is 4.29. The molecule has 2 aromatic heterocycles. The maximum absolute atomic E-state index is 13.4. The van der Waals surface area contributed by atoms with E-state index < -0.39 is 0 Å². The third-order valence-corrected chi connectivity index (χ3v) is 6.18. The summed E-state index contributed by atoms with van der Waals surface area (Å²) in [5.74, 6) is 1.58. The van der Waals surface area contributed by atoms with Crippen molar-refractivity contribution in [1.29, 1.82) is 0 Å². The van der Waals surface area contributed by atoms with E-state index in [1.165, 1.54) is 6.07 Å². The predicted molar refractivity (Wildman–Crippen MR) is 127 cm³/mol. The van der Waals surface area contributed by atoms with Gasteiger partial charge in [0.15, 0.2) is 0 Å². The van der Waals surface area contributed by atoms with E-state index in [9.17, 15) is 9.18 Å². The molecule has 3 aromatic rings. The lowest BCUT2D eigenvalue weighted by atomic mass is 9.94. The third-order valence-electron chi connectivity index (χ3n) is 6.18. The number of rotatable bonds is 7. The quantitative estimate of drug-likeness (QED) is 0.546. The van der Waals surface area contributed by atoms with Gasteiger partial charge in [-0.1, -0.05) is 18.2 Å². The van der Waals surface area contributed by atoms with Crippen LogP contribution in [-0.2, 0) is 11.2 Å². The number of nitrogens with one attached hydrogen (secondary N) is 1. The van der Waals surface area contributed by atoms with Gasteiger partial charge in [0, 0.05) is 37.8 Å². The Kier molecular flexibility index (Phi) is 7.27. The van der Waals surface area contributed by atoms with E-state index >= 15 is 0 Å². The molecule has 6 nitrogen and oxygen atoms in total. The molecule has 1 fully saturated rings. The summed E-state index contributed by atoms with van der Waals surface area (Å²) in [6, 6.07) is 9.06. The van der Waals surface area contributed by atoms with Gasteiger partial charge in [-0.15, -0.1) is 0 Å². The molecule has 172 valence electrons. The lowest BCUT2D eigenvalue weighted by Gasteiger charge is -2.32. The largest absolute Gasteiger partial charge is 0.342 e. The van der Waals surface area contributed by atoms with Crippen LogP contribution in [0.2, 0.25) is 0 Å². The Labute approximate surface area is 194 Å². The van der Waals surface area contributed by atoms with Crippen molar-refractivity contribution in [2.75, 3.05) is 18.4 Å². The molecular weight excluding hydrogens is 417 g/mol. The topological polar surface area (TPSA) is 71.0 Å². The van der Waals surface area contributed by atoms with Gasteiger partial charge in [0.05, 0.1) is 11.9 Å². The van der Waals surface area contributed by atoms with Gasteiger partial charge >= 0.3 is 0 Å². The highest BCUT2D eigenvalue weighted by atomic mass is 19.1. The number of piperidine rings is 1. The van der Waals surface area contributed by atoms with Gasteiger partial charge in [-0.25, -0.2) is 14.4 Å².